The summed E-state index contributed by atoms with van der Waals surface area (Å²) in [5, 5.41) is 19.8. The molecule has 7 heteroatoms. The molecule has 130 valence electrons. The highest BCUT2D eigenvalue weighted by Gasteiger charge is 2.50. The molecular weight excluding hydrogens is 302 g/mol. The van der Waals surface area contributed by atoms with Crippen molar-refractivity contribution >= 4 is 18.0 Å². The van der Waals surface area contributed by atoms with Crippen molar-refractivity contribution in [2.24, 2.45) is 5.92 Å². The van der Waals surface area contributed by atoms with Crippen molar-refractivity contribution in [2.75, 3.05) is 0 Å². The molecule has 1 unspecified atom stereocenters. The maximum absolute atomic E-state index is 12.5. The average Bonchev–Trinajstić information content (AvgIpc) is 2.93. The van der Waals surface area contributed by atoms with E-state index in [2.05, 4.69) is 0 Å². The van der Waals surface area contributed by atoms with Crippen molar-refractivity contribution in [3.8, 4) is 0 Å². The summed E-state index contributed by atoms with van der Waals surface area (Å²) in [6.07, 6.45) is 2.31. The van der Waals surface area contributed by atoms with E-state index in [0.717, 1.165) is 12.8 Å². The van der Waals surface area contributed by atoms with Gasteiger partial charge in [0, 0.05) is 5.92 Å². The fourth-order valence-corrected chi connectivity index (χ4v) is 3.43. The van der Waals surface area contributed by atoms with Crippen LogP contribution in [0.1, 0.15) is 59.3 Å². The Morgan fingerprint density at radius 3 is 2.35 bits per heavy atom. The van der Waals surface area contributed by atoms with E-state index in [1.54, 1.807) is 20.8 Å². The van der Waals surface area contributed by atoms with Gasteiger partial charge in [0.25, 0.3) is 0 Å². The Morgan fingerprint density at radius 1 is 1.30 bits per heavy atom. The van der Waals surface area contributed by atoms with Crippen LogP contribution >= 0.6 is 0 Å². The summed E-state index contributed by atoms with van der Waals surface area (Å²) in [5.41, 5.74) is -1.74. The van der Waals surface area contributed by atoms with Gasteiger partial charge in [-0.15, -0.1) is 0 Å². The Kier molecular flexibility index (Phi) is 4.71. The lowest BCUT2D eigenvalue weighted by Crippen LogP contribution is -2.46. The van der Waals surface area contributed by atoms with Crippen LogP contribution in [0, 0.1) is 5.92 Å². The number of imide groups is 1. The number of likely N-dealkylation sites (tertiary alicyclic amines) is 1. The van der Waals surface area contributed by atoms with Crippen molar-refractivity contribution in [3.63, 3.8) is 0 Å². The van der Waals surface area contributed by atoms with E-state index >= 15 is 0 Å². The molecule has 2 atom stereocenters. The quantitative estimate of drug-likeness (QED) is 0.820. The van der Waals surface area contributed by atoms with E-state index in [0.29, 0.717) is 17.7 Å². The molecule has 1 saturated carbocycles. The van der Waals surface area contributed by atoms with Crippen LogP contribution in [0.25, 0.3) is 0 Å². The second-order valence-corrected chi connectivity index (χ2v) is 7.61. The third kappa shape index (κ3) is 4.02. The fraction of sp³-hybridized carbons (Fsp3) is 0.812. The first-order valence-electron chi connectivity index (χ1n) is 8.04. The first-order chi connectivity index (χ1) is 10.5. The predicted molar refractivity (Wildman–Crippen MR) is 80.6 cm³/mol. The molecule has 2 amide bonds. The van der Waals surface area contributed by atoms with Crippen LogP contribution in [-0.2, 0) is 14.3 Å². The number of amides is 2. The van der Waals surface area contributed by atoms with Gasteiger partial charge in [-0.3, -0.25) is 4.79 Å². The Morgan fingerprint density at radius 2 is 1.87 bits per heavy atom. The average molecular weight is 327 g/mol. The Hall–Kier alpha value is -1.63. The molecule has 0 radical (unpaired) electrons. The second-order valence-electron chi connectivity index (χ2n) is 7.61. The summed E-state index contributed by atoms with van der Waals surface area (Å²) >= 11 is 0. The summed E-state index contributed by atoms with van der Waals surface area (Å²) < 4.78 is 5.16. The SMILES string of the molecule is CC(C)(C)OC(=O)N1C(=O)C(CC2(O)CCCC2)C[C@H]1C(=O)O. The Bertz CT molecular complexity index is 503. The first kappa shape index (κ1) is 17.7. The van der Waals surface area contributed by atoms with Gasteiger partial charge in [-0.1, -0.05) is 12.8 Å². The minimum Gasteiger partial charge on any atom is -0.480 e. The van der Waals surface area contributed by atoms with Crippen LogP contribution in [0.3, 0.4) is 0 Å². The third-order valence-corrected chi connectivity index (χ3v) is 4.44. The van der Waals surface area contributed by atoms with Gasteiger partial charge in [-0.2, -0.15) is 0 Å². The number of rotatable bonds is 3. The largest absolute Gasteiger partial charge is 0.480 e. The van der Waals surface area contributed by atoms with Crippen molar-refractivity contribution < 1.29 is 29.3 Å². The van der Waals surface area contributed by atoms with Crippen LogP contribution in [0.4, 0.5) is 4.79 Å². The summed E-state index contributed by atoms with van der Waals surface area (Å²) in [4.78, 5) is 36.9. The maximum atomic E-state index is 12.5. The van der Waals surface area contributed by atoms with Gasteiger partial charge in [-0.25, -0.2) is 14.5 Å². The number of ether oxygens (including phenoxy) is 1. The van der Waals surface area contributed by atoms with Gasteiger partial charge in [0.2, 0.25) is 5.91 Å². The smallest absolute Gasteiger partial charge is 0.417 e. The van der Waals surface area contributed by atoms with Crippen LogP contribution in [0.5, 0.6) is 0 Å². The normalized spacial score (nSPS) is 27.3. The van der Waals surface area contributed by atoms with Gasteiger partial charge in [0.05, 0.1) is 5.60 Å². The van der Waals surface area contributed by atoms with E-state index in [-0.39, 0.29) is 12.8 Å². The summed E-state index contributed by atoms with van der Waals surface area (Å²) in [6, 6.07) is -1.23. The molecular formula is C16H25NO6. The Labute approximate surface area is 135 Å². The van der Waals surface area contributed by atoms with E-state index in [9.17, 15) is 24.6 Å². The number of hydrogen-bond acceptors (Lipinski definition) is 5. The molecule has 1 saturated heterocycles. The zero-order chi connectivity index (χ0) is 17.4. The minimum absolute atomic E-state index is 0.0235. The first-order valence-corrected chi connectivity index (χ1v) is 8.04. The van der Waals surface area contributed by atoms with E-state index in [1.807, 2.05) is 0 Å². The van der Waals surface area contributed by atoms with E-state index in [1.165, 1.54) is 0 Å². The molecule has 2 fully saturated rings. The molecule has 2 aliphatic rings. The minimum atomic E-state index is -1.23. The third-order valence-electron chi connectivity index (χ3n) is 4.44. The highest BCUT2D eigenvalue weighted by Crippen LogP contribution is 2.39. The van der Waals surface area contributed by atoms with Crippen LogP contribution in [-0.4, -0.2) is 50.3 Å². The molecule has 2 N–H and O–H groups in total. The summed E-state index contributed by atoms with van der Waals surface area (Å²) in [6.45, 7) is 4.96. The number of aliphatic carboxylic acids is 1. The molecule has 0 aromatic heterocycles. The topological polar surface area (TPSA) is 104 Å². The zero-order valence-electron chi connectivity index (χ0n) is 13.9. The lowest BCUT2D eigenvalue weighted by molar-refractivity contribution is -0.146. The Balaban J connectivity index is 2.15. The molecule has 1 aliphatic heterocycles. The molecule has 7 nitrogen and oxygen atoms in total. The van der Waals surface area contributed by atoms with Crippen LogP contribution in [0.15, 0.2) is 0 Å². The van der Waals surface area contributed by atoms with Crippen molar-refractivity contribution in [1.82, 2.24) is 4.90 Å². The van der Waals surface area contributed by atoms with Crippen LogP contribution in [0.2, 0.25) is 0 Å². The number of carboxylic acids is 1. The van der Waals surface area contributed by atoms with Gasteiger partial charge >= 0.3 is 12.1 Å². The zero-order valence-corrected chi connectivity index (χ0v) is 13.9. The molecule has 1 aliphatic carbocycles. The number of nitrogens with zero attached hydrogens (tertiary/aromatic N) is 1. The standard InChI is InChI=1S/C16H25NO6/c1-15(2,3)23-14(21)17-11(13(19)20)8-10(12(17)18)9-16(22)6-4-5-7-16/h10-11,22H,4-9H2,1-3H3,(H,19,20)/t10?,11-/m0/s1. The highest BCUT2D eigenvalue weighted by atomic mass is 16.6. The van der Waals surface area contributed by atoms with Crippen molar-refractivity contribution in [1.29, 1.82) is 0 Å². The monoisotopic (exact) mass is 327 g/mol. The lowest BCUT2D eigenvalue weighted by Gasteiger charge is -2.26. The molecule has 23 heavy (non-hydrogen) atoms. The van der Waals surface area contributed by atoms with E-state index in [4.69, 9.17) is 4.74 Å². The summed E-state index contributed by atoms with van der Waals surface area (Å²) in [7, 11) is 0. The second kappa shape index (κ2) is 6.11. The fourth-order valence-electron chi connectivity index (χ4n) is 3.43. The molecule has 0 spiro atoms. The molecule has 2 rings (SSSR count). The molecule has 0 aromatic carbocycles. The number of carboxylic acid groups (broad SMARTS) is 1. The van der Waals surface area contributed by atoms with Crippen molar-refractivity contribution in [2.45, 2.75) is 76.5 Å². The predicted octanol–water partition coefficient (Wildman–Crippen LogP) is 1.92. The van der Waals surface area contributed by atoms with E-state index < -0.39 is 41.1 Å². The highest BCUT2D eigenvalue weighted by molar-refractivity contribution is 6.00. The van der Waals surface area contributed by atoms with Gasteiger partial charge in [0.15, 0.2) is 0 Å². The number of aliphatic hydroxyl groups is 1. The van der Waals surface area contributed by atoms with Crippen LogP contribution < -0.4 is 0 Å². The maximum Gasteiger partial charge on any atom is 0.417 e. The molecule has 0 bridgehead atoms. The molecule has 0 aromatic rings. The van der Waals surface area contributed by atoms with Crippen molar-refractivity contribution in [3.05, 3.63) is 0 Å². The summed E-state index contributed by atoms with van der Waals surface area (Å²) in [5.74, 6) is -2.45. The van der Waals surface area contributed by atoms with Gasteiger partial charge in [-0.05, 0) is 46.5 Å². The lowest BCUT2D eigenvalue weighted by atomic mass is 9.87. The van der Waals surface area contributed by atoms with Gasteiger partial charge < -0.3 is 14.9 Å². The number of carbonyl (C=O) groups is 3. The van der Waals surface area contributed by atoms with Gasteiger partial charge in [0.1, 0.15) is 11.6 Å². The number of hydrogen-bond donors (Lipinski definition) is 2. The number of carbonyl (C=O) groups excluding carboxylic acids is 2. The molecule has 1 heterocycles.